The molecule has 1 aliphatic carbocycles. The third kappa shape index (κ3) is 4.15. The number of rotatable bonds is 6. The van der Waals surface area contributed by atoms with Gasteiger partial charge in [0.25, 0.3) is 0 Å². The molecule has 0 aromatic carbocycles. The minimum atomic E-state index is -0.879. The maximum atomic E-state index is 13.5. The van der Waals surface area contributed by atoms with Gasteiger partial charge in [0.1, 0.15) is 17.0 Å². The molecule has 0 bridgehead atoms. The first-order chi connectivity index (χ1) is 13.4. The highest BCUT2D eigenvalue weighted by molar-refractivity contribution is 6.28. The molecule has 4 rings (SSSR count). The monoisotopic (exact) mass is 400 g/mol. The molecule has 3 aromatic heterocycles. The highest BCUT2D eigenvalue weighted by Crippen LogP contribution is 2.44. The molecule has 0 radical (unpaired) electrons. The van der Waals surface area contributed by atoms with Gasteiger partial charge in [-0.3, -0.25) is 0 Å². The molecule has 1 aliphatic rings. The number of anilines is 1. The lowest BCUT2D eigenvalue weighted by atomic mass is 10.1. The van der Waals surface area contributed by atoms with E-state index >= 15 is 0 Å². The maximum absolute atomic E-state index is 13.5. The summed E-state index contributed by atoms with van der Waals surface area (Å²) in [5.74, 6) is 8.01. The van der Waals surface area contributed by atoms with Gasteiger partial charge in [-0.2, -0.15) is 4.98 Å². The van der Waals surface area contributed by atoms with E-state index in [0.29, 0.717) is 25.2 Å². The van der Waals surface area contributed by atoms with Gasteiger partial charge in [0, 0.05) is 5.41 Å². The molecule has 1 atom stereocenters. The first kappa shape index (κ1) is 18.8. The average molecular weight is 401 g/mol. The Bertz CT molecular complexity index is 1040. The van der Waals surface area contributed by atoms with Crippen molar-refractivity contribution in [2.75, 3.05) is 5.32 Å². The normalized spacial score (nSPS) is 15.9. The highest BCUT2D eigenvalue weighted by Gasteiger charge is 2.35. The average Bonchev–Trinajstić information content (AvgIpc) is 3.07. The summed E-state index contributed by atoms with van der Waals surface area (Å²) in [7, 11) is 0. The fraction of sp³-hybridized carbons (Fsp3) is 0.429. The number of halogens is 2. The number of furan rings is 1. The third-order valence-electron chi connectivity index (χ3n) is 4.99. The van der Waals surface area contributed by atoms with Crippen LogP contribution < -0.4 is 5.32 Å². The van der Waals surface area contributed by atoms with Crippen LogP contribution >= 0.6 is 11.6 Å². The van der Waals surface area contributed by atoms with Gasteiger partial charge < -0.3 is 9.73 Å². The first-order valence-corrected chi connectivity index (χ1v) is 9.83. The second kappa shape index (κ2) is 7.48. The van der Waals surface area contributed by atoms with E-state index in [1.165, 1.54) is 0 Å². The molecule has 5 nitrogen and oxygen atoms in total. The zero-order valence-corrected chi connectivity index (χ0v) is 16.7. The van der Waals surface area contributed by atoms with E-state index in [2.05, 4.69) is 34.2 Å². The van der Waals surface area contributed by atoms with Crippen molar-refractivity contribution in [1.29, 1.82) is 0 Å². The summed E-state index contributed by atoms with van der Waals surface area (Å²) < 4.78 is 20.5. The van der Waals surface area contributed by atoms with Crippen molar-refractivity contribution in [1.82, 2.24) is 14.6 Å². The second-order valence-corrected chi connectivity index (χ2v) is 7.95. The predicted molar refractivity (Wildman–Crippen MR) is 107 cm³/mol. The van der Waals surface area contributed by atoms with Crippen LogP contribution in [0.25, 0.3) is 5.52 Å². The lowest BCUT2D eigenvalue weighted by molar-refractivity contribution is 0.341. The van der Waals surface area contributed by atoms with Crippen LogP contribution in [-0.4, -0.2) is 20.8 Å². The molecule has 146 valence electrons. The van der Waals surface area contributed by atoms with Crippen molar-refractivity contribution in [2.45, 2.75) is 52.2 Å². The van der Waals surface area contributed by atoms with Crippen molar-refractivity contribution in [3.05, 3.63) is 46.8 Å². The summed E-state index contributed by atoms with van der Waals surface area (Å²) in [6.07, 6.45) is 3.96. The topological polar surface area (TPSA) is 55.4 Å². The van der Waals surface area contributed by atoms with E-state index in [9.17, 15) is 4.39 Å². The van der Waals surface area contributed by atoms with Crippen LogP contribution in [0.5, 0.6) is 0 Å². The fourth-order valence-electron chi connectivity index (χ4n) is 2.99. The van der Waals surface area contributed by atoms with Gasteiger partial charge in [0.05, 0.1) is 19.0 Å². The van der Waals surface area contributed by atoms with E-state index < -0.39 is 6.17 Å². The lowest BCUT2D eigenvalue weighted by Gasteiger charge is -2.07. The van der Waals surface area contributed by atoms with Crippen LogP contribution in [0.15, 0.2) is 28.9 Å². The molecule has 0 amide bonds. The Hall–Kier alpha value is -2.52. The zero-order valence-electron chi connectivity index (χ0n) is 15.9. The quantitative estimate of drug-likeness (QED) is 0.589. The van der Waals surface area contributed by atoms with Gasteiger partial charge in [0.15, 0.2) is 5.82 Å². The molecule has 7 heteroatoms. The van der Waals surface area contributed by atoms with Crippen molar-refractivity contribution >= 4 is 22.9 Å². The summed E-state index contributed by atoms with van der Waals surface area (Å²) in [6, 6.07) is 5.69. The lowest BCUT2D eigenvalue weighted by Crippen LogP contribution is -2.06. The van der Waals surface area contributed by atoms with E-state index in [1.54, 1.807) is 17.7 Å². The Morgan fingerprint density at radius 2 is 2.29 bits per heavy atom. The molecule has 3 heterocycles. The van der Waals surface area contributed by atoms with Crippen LogP contribution in [0.2, 0.25) is 5.28 Å². The minimum Gasteiger partial charge on any atom is -0.467 e. The van der Waals surface area contributed by atoms with E-state index in [1.807, 2.05) is 18.2 Å². The zero-order chi connectivity index (χ0) is 19.7. The van der Waals surface area contributed by atoms with Crippen LogP contribution in [0.3, 0.4) is 0 Å². The highest BCUT2D eigenvalue weighted by atomic mass is 35.5. The van der Waals surface area contributed by atoms with Gasteiger partial charge in [-0.1, -0.05) is 5.92 Å². The van der Waals surface area contributed by atoms with Crippen LogP contribution in [0.1, 0.15) is 50.1 Å². The summed E-state index contributed by atoms with van der Waals surface area (Å²) in [6.45, 7) is 4.19. The number of alkyl halides is 1. The molecular weight excluding hydrogens is 379 g/mol. The Balaban J connectivity index is 1.74. The van der Waals surface area contributed by atoms with Crippen LogP contribution in [0, 0.1) is 17.3 Å². The molecule has 0 spiro atoms. The van der Waals surface area contributed by atoms with E-state index in [0.717, 1.165) is 35.4 Å². The summed E-state index contributed by atoms with van der Waals surface area (Å²) in [5.41, 5.74) is 2.56. The number of aryl methyl sites for hydroxylation is 1. The Morgan fingerprint density at radius 3 is 2.96 bits per heavy atom. The van der Waals surface area contributed by atoms with Crippen LogP contribution in [0.4, 0.5) is 10.2 Å². The summed E-state index contributed by atoms with van der Waals surface area (Å²) >= 11 is 6.18. The van der Waals surface area contributed by atoms with Gasteiger partial charge in [0.2, 0.25) is 5.28 Å². The predicted octanol–water partition coefficient (Wildman–Crippen LogP) is 5.03. The van der Waals surface area contributed by atoms with Gasteiger partial charge in [-0.05, 0) is 80.8 Å². The number of nitrogens with zero attached hydrogens (tertiary/aromatic N) is 3. The summed E-state index contributed by atoms with van der Waals surface area (Å²) in [4.78, 5) is 4.33. The van der Waals surface area contributed by atoms with Crippen molar-refractivity contribution in [3.63, 3.8) is 0 Å². The van der Waals surface area contributed by atoms with Crippen molar-refractivity contribution in [3.8, 4) is 11.8 Å². The van der Waals surface area contributed by atoms with Gasteiger partial charge in [-0.25, -0.2) is 8.91 Å². The Kier molecular flexibility index (Phi) is 5.03. The summed E-state index contributed by atoms with van der Waals surface area (Å²) in [5, 5.41) is 7.73. The van der Waals surface area contributed by atoms with E-state index in [4.69, 9.17) is 16.0 Å². The van der Waals surface area contributed by atoms with Gasteiger partial charge >= 0.3 is 0 Å². The Labute approximate surface area is 168 Å². The Morgan fingerprint density at radius 1 is 1.46 bits per heavy atom. The molecule has 1 saturated carbocycles. The second-order valence-electron chi connectivity index (χ2n) is 7.61. The number of fused-ring (bicyclic) bond motifs is 1. The number of hydrogen-bond acceptors (Lipinski definition) is 4. The molecule has 1 N–H and O–H groups in total. The molecular formula is C21H22ClFN4O. The first-order valence-electron chi connectivity index (χ1n) is 9.45. The standard InChI is InChI=1S/C21H22ClFN4O/c1-14(23)5-6-15-12-18-19(24-13-16-4-3-11-28-16)25-20(22)26-27(18)17(15)7-8-21(2)9-10-21/h3-4,11-12,14H,5-6,9-10,13H2,1-2H3,(H,24,25,26). The molecule has 28 heavy (non-hydrogen) atoms. The smallest absolute Gasteiger partial charge is 0.243 e. The fourth-order valence-corrected chi connectivity index (χ4v) is 3.15. The van der Waals surface area contributed by atoms with Crippen LogP contribution in [-0.2, 0) is 13.0 Å². The largest absolute Gasteiger partial charge is 0.467 e. The molecule has 0 saturated heterocycles. The third-order valence-corrected chi connectivity index (χ3v) is 5.15. The van der Waals surface area contributed by atoms with Gasteiger partial charge in [-0.15, -0.1) is 5.10 Å². The van der Waals surface area contributed by atoms with Crippen molar-refractivity contribution < 1.29 is 8.81 Å². The van der Waals surface area contributed by atoms with E-state index in [-0.39, 0.29) is 10.7 Å². The molecule has 3 aromatic rings. The minimum absolute atomic E-state index is 0.0754. The maximum Gasteiger partial charge on any atom is 0.243 e. The number of nitrogens with one attached hydrogen (secondary N) is 1. The molecule has 1 unspecified atom stereocenters. The SMILES string of the molecule is CC(F)CCc1cc2c(NCc3ccco3)nc(Cl)nn2c1C#CC1(C)CC1. The molecule has 1 fully saturated rings. The number of hydrogen-bond donors (Lipinski definition) is 1. The molecule has 0 aliphatic heterocycles. The number of aromatic nitrogens is 3. The van der Waals surface area contributed by atoms with Crippen molar-refractivity contribution in [2.24, 2.45) is 5.41 Å².